The van der Waals surface area contributed by atoms with Crippen LogP contribution in [0.15, 0.2) is 18.3 Å². The number of fused-ring (bicyclic) bond motifs is 1. The zero-order valence-electron chi connectivity index (χ0n) is 15.3. The van der Waals surface area contributed by atoms with Gasteiger partial charge in [-0.05, 0) is 31.9 Å². The number of halogens is 2. The van der Waals surface area contributed by atoms with E-state index in [1.807, 2.05) is 4.90 Å². The molecule has 0 N–H and O–H groups in total. The maximum Gasteiger partial charge on any atom is 0.309 e. The Bertz CT molecular complexity index is 903. The third kappa shape index (κ3) is 3.56. The average Bonchev–Trinajstić information content (AvgIpc) is 3.17. The van der Waals surface area contributed by atoms with E-state index in [1.54, 1.807) is 13.0 Å². The summed E-state index contributed by atoms with van der Waals surface area (Å²) < 4.78 is 29.9. The van der Waals surface area contributed by atoms with Crippen molar-refractivity contribution in [2.75, 3.05) is 31.4 Å². The predicted octanol–water partition coefficient (Wildman–Crippen LogP) is 3.44. The van der Waals surface area contributed by atoms with Crippen LogP contribution < -0.4 is 14.4 Å². The first-order valence-corrected chi connectivity index (χ1v) is 9.48. The molecule has 1 saturated heterocycles. The van der Waals surface area contributed by atoms with Gasteiger partial charge in [-0.15, -0.1) is 0 Å². The third-order valence-electron chi connectivity index (χ3n) is 4.84. The monoisotopic (exact) mass is 407 g/mol. The van der Waals surface area contributed by atoms with Crippen LogP contribution in [0.1, 0.15) is 19.8 Å². The Morgan fingerprint density at radius 3 is 2.89 bits per heavy atom. The van der Waals surface area contributed by atoms with E-state index in [2.05, 4.69) is 9.97 Å². The van der Waals surface area contributed by atoms with E-state index in [0.717, 1.165) is 0 Å². The summed E-state index contributed by atoms with van der Waals surface area (Å²) in [7, 11) is 0. The molecule has 0 saturated carbocycles. The lowest BCUT2D eigenvalue weighted by Gasteiger charge is -2.32. The van der Waals surface area contributed by atoms with Crippen LogP contribution in [-0.2, 0) is 9.53 Å². The van der Waals surface area contributed by atoms with Crippen LogP contribution in [0.2, 0.25) is 5.15 Å². The lowest BCUT2D eigenvalue weighted by atomic mass is 9.96. The van der Waals surface area contributed by atoms with E-state index < -0.39 is 5.82 Å². The molecule has 0 amide bonds. The standard InChI is InChI=1S/C19H19ClFN3O4/c1-2-26-19(25)11-3-5-24(6-4-11)18-16(22-9-15(20)23-18)12-7-13(21)17-14(8-12)27-10-28-17/h7-9,11H,2-6,10H2,1H3. The molecule has 0 radical (unpaired) electrons. The van der Waals surface area contributed by atoms with Crippen LogP contribution in [-0.4, -0.2) is 42.4 Å². The summed E-state index contributed by atoms with van der Waals surface area (Å²) in [5.74, 6) is 0.162. The van der Waals surface area contributed by atoms with Crippen LogP contribution in [0.25, 0.3) is 11.3 Å². The van der Waals surface area contributed by atoms with Crippen molar-refractivity contribution in [2.24, 2.45) is 5.92 Å². The maximum atomic E-state index is 14.4. The molecule has 4 rings (SSSR count). The molecule has 0 atom stereocenters. The number of anilines is 1. The molecule has 0 aliphatic carbocycles. The van der Waals surface area contributed by atoms with Crippen LogP contribution >= 0.6 is 11.6 Å². The van der Waals surface area contributed by atoms with E-state index in [9.17, 15) is 9.18 Å². The Balaban J connectivity index is 1.62. The number of piperidine rings is 1. The second-order valence-corrected chi connectivity index (χ2v) is 6.96. The van der Waals surface area contributed by atoms with Gasteiger partial charge in [-0.3, -0.25) is 4.79 Å². The van der Waals surface area contributed by atoms with Crippen molar-refractivity contribution in [1.29, 1.82) is 0 Å². The van der Waals surface area contributed by atoms with E-state index in [0.29, 0.717) is 55.4 Å². The van der Waals surface area contributed by atoms with Gasteiger partial charge in [-0.1, -0.05) is 11.6 Å². The predicted molar refractivity (Wildman–Crippen MR) is 100 cm³/mol. The number of hydrogen-bond donors (Lipinski definition) is 0. The minimum absolute atomic E-state index is 0.0176. The number of carbonyl (C=O) groups excluding carboxylic acids is 1. The molecule has 1 aromatic carbocycles. The highest BCUT2D eigenvalue weighted by Crippen LogP contribution is 2.40. The normalized spacial score (nSPS) is 16.3. The summed E-state index contributed by atoms with van der Waals surface area (Å²) >= 11 is 6.08. The number of rotatable bonds is 4. The molecule has 1 aromatic heterocycles. The number of nitrogens with zero attached hydrogens (tertiary/aromatic N) is 3. The minimum atomic E-state index is -0.520. The van der Waals surface area contributed by atoms with Crippen LogP contribution in [0.4, 0.5) is 10.2 Å². The molecule has 0 unspecified atom stereocenters. The fourth-order valence-corrected chi connectivity index (χ4v) is 3.60. The van der Waals surface area contributed by atoms with E-state index >= 15 is 0 Å². The Morgan fingerprint density at radius 1 is 1.36 bits per heavy atom. The number of hydrogen-bond acceptors (Lipinski definition) is 7. The second-order valence-electron chi connectivity index (χ2n) is 6.57. The Hall–Kier alpha value is -2.61. The van der Waals surface area contributed by atoms with Crippen molar-refractivity contribution < 1.29 is 23.4 Å². The topological polar surface area (TPSA) is 73.8 Å². The summed E-state index contributed by atoms with van der Waals surface area (Å²) in [4.78, 5) is 22.8. The Morgan fingerprint density at radius 2 is 2.14 bits per heavy atom. The van der Waals surface area contributed by atoms with Gasteiger partial charge in [0.25, 0.3) is 0 Å². The molecular weight excluding hydrogens is 389 g/mol. The zero-order chi connectivity index (χ0) is 19.7. The highest BCUT2D eigenvalue weighted by atomic mass is 35.5. The van der Waals surface area contributed by atoms with Crippen molar-refractivity contribution in [3.8, 4) is 22.8 Å². The van der Waals surface area contributed by atoms with Crippen molar-refractivity contribution in [3.05, 3.63) is 29.3 Å². The highest BCUT2D eigenvalue weighted by Gasteiger charge is 2.29. The van der Waals surface area contributed by atoms with Gasteiger partial charge in [0, 0.05) is 18.7 Å². The minimum Gasteiger partial charge on any atom is -0.466 e. The van der Waals surface area contributed by atoms with E-state index in [1.165, 1.54) is 12.3 Å². The molecule has 2 aliphatic rings. The fourth-order valence-electron chi connectivity index (χ4n) is 3.47. The molecule has 0 spiro atoms. The van der Waals surface area contributed by atoms with E-state index in [-0.39, 0.29) is 29.6 Å². The summed E-state index contributed by atoms with van der Waals surface area (Å²) in [6, 6.07) is 3.03. The van der Waals surface area contributed by atoms with E-state index in [4.69, 9.17) is 25.8 Å². The van der Waals surface area contributed by atoms with Gasteiger partial charge in [-0.2, -0.15) is 0 Å². The van der Waals surface area contributed by atoms with Crippen molar-refractivity contribution in [1.82, 2.24) is 9.97 Å². The first kappa shape index (κ1) is 18.7. The Labute approximate surface area is 166 Å². The Kier molecular flexibility index (Phi) is 5.21. The third-order valence-corrected chi connectivity index (χ3v) is 5.02. The van der Waals surface area contributed by atoms with Crippen LogP contribution in [0.3, 0.4) is 0 Å². The first-order chi connectivity index (χ1) is 13.6. The van der Waals surface area contributed by atoms with Crippen molar-refractivity contribution in [3.63, 3.8) is 0 Å². The molecule has 7 nitrogen and oxygen atoms in total. The zero-order valence-corrected chi connectivity index (χ0v) is 16.0. The van der Waals surface area contributed by atoms with Gasteiger partial charge in [0.15, 0.2) is 17.4 Å². The number of benzene rings is 1. The summed E-state index contributed by atoms with van der Waals surface area (Å²) in [6.07, 6.45) is 2.71. The van der Waals surface area contributed by atoms with Gasteiger partial charge >= 0.3 is 5.97 Å². The number of ether oxygens (including phenoxy) is 3. The van der Waals surface area contributed by atoms with Crippen LogP contribution in [0, 0.1) is 11.7 Å². The van der Waals surface area contributed by atoms with Crippen LogP contribution in [0.5, 0.6) is 11.5 Å². The van der Waals surface area contributed by atoms with Crippen molar-refractivity contribution >= 4 is 23.4 Å². The van der Waals surface area contributed by atoms with Gasteiger partial charge in [0.1, 0.15) is 10.8 Å². The largest absolute Gasteiger partial charge is 0.466 e. The SMILES string of the molecule is CCOC(=O)C1CCN(c2nc(Cl)cnc2-c2cc(F)c3c(c2)OCO3)CC1. The van der Waals surface area contributed by atoms with Gasteiger partial charge < -0.3 is 19.1 Å². The molecule has 9 heteroatoms. The molecule has 148 valence electrons. The molecule has 2 aliphatic heterocycles. The average molecular weight is 408 g/mol. The fraction of sp³-hybridized carbons (Fsp3) is 0.421. The number of carbonyl (C=O) groups is 1. The molecule has 1 fully saturated rings. The molecule has 28 heavy (non-hydrogen) atoms. The first-order valence-electron chi connectivity index (χ1n) is 9.10. The van der Waals surface area contributed by atoms with Gasteiger partial charge in [0.2, 0.25) is 12.5 Å². The summed E-state index contributed by atoms with van der Waals surface area (Å²) in [5.41, 5.74) is 1.02. The number of esters is 1. The highest BCUT2D eigenvalue weighted by molar-refractivity contribution is 6.29. The van der Waals surface area contributed by atoms with Gasteiger partial charge in [0.05, 0.1) is 18.7 Å². The maximum absolute atomic E-state index is 14.4. The molecule has 3 heterocycles. The molecular formula is C19H19ClFN3O4. The van der Waals surface area contributed by atoms with Crippen molar-refractivity contribution in [2.45, 2.75) is 19.8 Å². The lowest BCUT2D eigenvalue weighted by Crippen LogP contribution is -2.37. The molecule has 2 aromatic rings. The lowest BCUT2D eigenvalue weighted by molar-refractivity contribution is -0.148. The summed E-state index contributed by atoms with van der Waals surface area (Å²) in [6.45, 7) is 3.34. The second kappa shape index (κ2) is 7.79. The van der Waals surface area contributed by atoms with Gasteiger partial charge in [-0.25, -0.2) is 14.4 Å². The summed E-state index contributed by atoms with van der Waals surface area (Å²) in [5, 5.41) is 0.243. The quantitative estimate of drug-likeness (QED) is 0.718. The molecule has 0 bridgehead atoms. The smallest absolute Gasteiger partial charge is 0.309 e. The number of aromatic nitrogens is 2.